The minimum absolute atomic E-state index is 0.424. The van der Waals surface area contributed by atoms with Crippen LogP contribution in [0.3, 0.4) is 0 Å². The highest BCUT2D eigenvalue weighted by molar-refractivity contribution is 9.10. The van der Waals surface area contributed by atoms with Gasteiger partial charge >= 0.3 is 5.97 Å². The van der Waals surface area contributed by atoms with Gasteiger partial charge < -0.3 is 4.74 Å². The SMILES string of the molecule is COC(=O)c1c(C(F)F)cnc(F)c1Br. The fraction of sp³-hybridized carbons (Fsp3) is 0.250. The molecule has 0 atom stereocenters. The highest BCUT2D eigenvalue weighted by atomic mass is 79.9. The monoisotopic (exact) mass is 283 g/mol. The molecular formula is C8H5BrF3NO2. The normalized spacial score (nSPS) is 10.5. The molecule has 0 saturated carbocycles. The zero-order chi connectivity index (χ0) is 11.6. The van der Waals surface area contributed by atoms with Gasteiger partial charge in [0, 0.05) is 6.20 Å². The second-order valence-corrected chi connectivity index (χ2v) is 3.28. The maximum atomic E-state index is 12.9. The lowest BCUT2D eigenvalue weighted by Gasteiger charge is -2.08. The third kappa shape index (κ3) is 2.28. The molecule has 0 aliphatic heterocycles. The molecule has 0 aliphatic rings. The summed E-state index contributed by atoms with van der Waals surface area (Å²) in [4.78, 5) is 14.2. The molecule has 7 heteroatoms. The summed E-state index contributed by atoms with van der Waals surface area (Å²) >= 11 is 2.67. The number of ether oxygens (including phenoxy) is 1. The number of carbonyl (C=O) groups excluding carboxylic acids is 1. The van der Waals surface area contributed by atoms with E-state index in [1.807, 2.05) is 0 Å². The summed E-state index contributed by atoms with van der Waals surface area (Å²) in [6.07, 6.45) is -2.32. The van der Waals surface area contributed by atoms with Crippen LogP contribution >= 0.6 is 15.9 Å². The van der Waals surface area contributed by atoms with E-state index in [4.69, 9.17) is 0 Å². The summed E-state index contributed by atoms with van der Waals surface area (Å²) in [7, 11) is 1.02. The average Bonchev–Trinajstić information content (AvgIpc) is 2.20. The third-order valence-electron chi connectivity index (χ3n) is 1.63. The van der Waals surface area contributed by atoms with Crippen molar-refractivity contribution in [1.82, 2.24) is 4.98 Å². The number of carbonyl (C=O) groups is 1. The number of rotatable bonds is 2. The van der Waals surface area contributed by atoms with Crippen LogP contribution in [0.4, 0.5) is 13.2 Å². The van der Waals surface area contributed by atoms with Gasteiger partial charge in [-0.3, -0.25) is 0 Å². The zero-order valence-electron chi connectivity index (χ0n) is 7.43. The Hall–Kier alpha value is -1.11. The molecule has 0 aliphatic carbocycles. The Labute approximate surface area is 91.4 Å². The molecule has 1 heterocycles. The van der Waals surface area contributed by atoms with Crippen molar-refractivity contribution in [1.29, 1.82) is 0 Å². The molecule has 0 radical (unpaired) electrons. The first-order valence-electron chi connectivity index (χ1n) is 3.69. The van der Waals surface area contributed by atoms with Crippen LogP contribution in [0.2, 0.25) is 0 Å². The van der Waals surface area contributed by atoms with Crippen molar-refractivity contribution in [2.45, 2.75) is 6.43 Å². The molecule has 0 fully saturated rings. The van der Waals surface area contributed by atoms with Gasteiger partial charge in [-0.2, -0.15) is 4.39 Å². The van der Waals surface area contributed by atoms with Gasteiger partial charge in [0.1, 0.15) is 0 Å². The van der Waals surface area contributed by atoms with Crippen LogP contribution in [0.1, 0.15) is 22.3 Å². The van der Waals surface area contributed by atoms with Crippen LogP contribution in [0, 0.1) is 5.95 Å². The Kier molecular flexibility index (Phi) is 3.67. The van der Waals surface area contributed by atoms with E-state index in [1.165, 1.54) is 0 Å². The minimum atomic E-state index is -2.93. The smallest absolute Gasteiger partial charge is 0.339 e. The standard InChI is InChI=1S/C8H5BrF3NO2/c1-15-8(14)4-3(6(10)11)2-13-7(12)5(4)9/h2,6H,1H3. The van der Waals surface area contributed by atoms with Crippen LogP contribution in [0.15, 0.2) is 10.7 Å². The van der Waals surface area contributed by atoms with Crippen molar-refractivity contribution < 1.29 is 22.7 Å². The number of pyridine rings is 1. The van der Waals surface area contributed by atoms with E-state index in [0.29, 0.717) is 6.20 Å². The van der Waals surface area contributed by atoms with Gasteiger partial charge in [-0.15, -0.1) is 0 Å². The van der Waals surface area contributed by atoms with E-state index < -0.39 is 33.9 Å². The van der Waals surface area contributed by atoms with Crippen LogP contribution < -0.4 is 0 Å². The van der Waals surface area contributed by atoms with Gasteiger partial charge in [0.15, 0.2) is 0 Å². The topological polar surface area (TPSA) is 39.2 Å². The molecular weight excluding hydrogens is 279 g/mol. The van der Waals surface area contributed by atoms with Gasteiger partial charge in [0.2, 0.25) is 5.95 Å². The van der Waals surface area contributed by atoms with E-state index in [9.17, 15) is 18.0 Å². The molecule has 0 spiro atoms. The molecule has 0 N–H and O–H groups in total. The number of aromatic nitrogens is 1. The van der Waals surface area contributed by atoms with Gasteiger partial charge in [0.05, 0.1) is 22.7 Å². The summed E-state index contributed by atoms with van der Waals surface area (Å²) < 4.78 is 41.6. The Morgan fingerprint density at radius 3 is 2.67 bits per heavy atom. The second-order valence-electron chi connectivity index (χ2n) is 2.49. The molecule has 1 rings (SSSR count). The Balaban J connectivity index is 3.41. The predicted octanol–water partition coefficient (Wildman–Crippen LogP) is 2.71. The maximum Gasteiger partial charge on any atom is 0.339 e. The molecule has 3 nitrogen and oxygen atoms in total. The quantitative estimate of drug-likeness (QED) is 0.619. The lowest BCUT2D eigenvalue weighted by molar-refractivity contribution is 0.0586. The number of alkyl halides is 2. The van der Waals surface area contributed by atoms with Gasteiger partial charge in [-0.05, 0) is 15.9 Å². The van der Waals surface area contributed by atoms with Crippen molar-refractivity contribution >= 4 is 21.9 Å². The lowest BCUT2D eigenvalue weighted by Crippen LogP contribution is -2.09. The fourth-order valence-electron chi connectivity index (χ4n) is 0.952. The average molecular weight is 284 g/mol. The molecule has 0 aromatic carbocycles. The van der Waals surface area contributed by atoms with Crippen molar-refractivity contribution in [2.75, 3.05) is 7.11 Å². The van der Waals surface area contributed by atoms with Gasteiger partial charge in [-0.25, -0.2) is 18.6 Å². The summed E-state index contributed by atoms with van der Waals surface area (Å²) in [5.74, 6) is -2.08. The van der Waals surface area contributed by atoms with E-state index in [-0.39, 0.29) is 0 Å². The molecule has 0 unspecified atom stereocenters. The van der Waals surface area contributed by atoms with E-state index >= 15 is 0 Å². The molecule has 82 valence electrons. The van der Waals surface area contributed by atoms with Crippen molar-refractivity contribution in [3.63, 3.8) is 0 Å². The second kappa shape index (κ2) is 4.61. The highest BCUT2D eigenvalue weighted by Crippen LogP contribution is 2.29. The van der Waals surface area contributed by atoms with Gasteiger partial charge in [0.25, 0.3) is 6.43 Å². The van der Waals surface area contributed by atoms with Gasteiger partial charge in [-0.1, -0.05) is 0 Å². The van der Waals surface area contributed by atoms with E-state index in [2.05, 4.69) is 25.7 Å². The van der Waals surface area contributed by atoms with Crippen molar-refractivity contribution in [3.8, 4) is 0 Å². The van der Waals surface area contributed by atoms with Crippen molar-refractivity contribution in [3.05, 3.63) is 27.7 Å². The van der Waals surface area contributed by atoms with Crippen LogP contribution in [-0.4, -0.2) is 18.1 Å². The number of nitrogens with zero attached hydrogens (tertiary/aromatic N) is 1. The largest absolute Gasteiger partial charge is 0.465 e. The number of methoxy groups -OCH3 is 1. The molecule has 0 bridgehead atoms. The van der Waals surface area contributed by atoms with Crippen molar-refractivity contribution in [2.24, 2.45) is 0 Å². The number of hydrogen-bond acceptors (Lipinski definition) is 3. The summed E-state index contributed by atoms with van der Waals surface area (Å²) in [6, 6.07) is 0. The number of esters is 1. The lowest BCUT2D eigenvalue weighted by atomic mass is 10.1. The first kappa shape index (κ1) is 12.0. The first-order valence-corrected chi connectivity index (χ1v) is 4.48. The molecule has 0 amide bonds. The van der Waals surface area contributed by atoms with E-state index in [0.717, 1.165) is 7.11 Å². The predicted molar refractivity (Wildman–Crippen MR) is 48.2 cm³/mol. The maximum absolute atomic E-state index is 12.9. The van der Waals surface area contributed by atoms with Crippen LogP contribution in [0.5, 0.6) is 0 Å². The summed E-state index contributed by atoms with van der Waals surface area (Å²) in [6.45, 7) is 0. The Morgan fingerprint density at radius 2 is 2.20 bits per heavy atom. The number of halogens is 4. The fourth-order valence-corrected chi connectivity index (χ4v) is 1.45. The Morgan fingerprint density at radius 1 is 1.60 bits per heavy atom. The Bertz CT molecular complexity index is 398. The third-order valence-corrected chi connectivity index (χ3v) is 2.35. The summed E-state index contributed by atoms with van der Waals surface area (Å²) in [5.41, 5.74) is -1.21. The number of hydrogen-bond donors (Lipinski definition) is 0. The highest BCUT2D eigenvalue weighted by Gasteiger charge is 2.24. The van der Waals surface area contributed by atoms with Crippen LogP contribution in [-0.2, 0) is 4.74 Å². The summed E-state index contributed by atoms with van der Waals surface area (Å²) in [5, 5.41) is 0. The molecule has 1 aromatic rings. The molecule has 0 saturated heterocycles. The molecule has 15 heavy (non-hydrogen) atoms. The first-order chi connectivity index (χ1) is 6.99. The molecule has 1 aromatic heterocycles. The zero-order valence-corrected chi connectivity index (χ0v) is 9.02. The van der Waals surface area contributed by atoms with E-state index in [1.54, 1.807) is 0 Å². The minimum Gasteiger partial charge on any atom is -0.465 e. The van der Waals surface area contributed by atoms with Crippen LogP contribution in [0.25, 0.3) is 0 Å².